The number of para-hydroxylation sites is 1. The molecule has 0 spiro atoms. The first-order chi connectivity index (χ1) is 10.9. The Balaban J connectivity index is 2.62. The second kappa shape index (κ2) is 6.70. The molecule has 0 atom stereocenters. The first kappa shape index (κ1) is 16.8. The van der Waals surface area contributed by atoms with E-state index in [2.05, 4.69) is 0 Å². The fourth-order valence-electron chi connectivity index (χ4n) is 2.13. The fourth-order valence-corrected chi connectivity index (χ4v) is 3.78. The van der Waals surface area contributed by atoms with Crippen LogP contribution in [0.15, 0.2) is 53.4 Å². The van der Waals surface area contributed by atoms with E-state index in [4.69, 9.17) is 4.74 Å². The molecule has 0 heterocycles. The van der Waals surface area contributed by atoms with Crippen LogP contribution in [0.4, 0.5) is 5.69 Å². The SMILES string of the molecule is COc1ccc(C)cc1S(=O)(=O)N(CC(=O)[O-])c1ccccc1. The quantitative estimate of drug-likeness (QED) is 0.785. The Labute approximate surface area is 135 Å². The molecule has 0 fully saturated rings. The van der Waals surface area contributed by atoms with Crippen molar-refractivity contribution < 1.29 is 23.1 Å². The van der Waals surface area contributed by atoms with Crippen LogP contribution < -0.4 is 14.1 Å². The summed E-state index contributed by atoms with van der Waals surface area (Å²) in [5.74, 6) is -1.35. The van der Waals surface area contributed by atoms with Gasteiger partial charge in [-0.25, -0.2) is 8.42 Å². The Hall–Kier alpha value is -2.54. The molecule has 0 saturated carbocycles. The van der Waals surface area contributed by atoms with Gasteiger partial charge in [0.25, 0.3) is 10.0 Å². The van der Waals surface area contributed by atoms with Crippen LogP contribution in [0.1, 0.15) is 5.56 Å². The summed E-state index contributed by atoms with van der Waals surface area (Å²) in [4.78, 5) is 10.9. The Morgan fingerprint density at radius 3 is 2.39 bits per heavy atom. The largest absolute Gasteiger partial charge is 0.548 e. The van der Waals surface area contributed by atoms with Gasteiger partial charge < -0.3 is 14.6 Å². The predicted molar refractivity (Wildman–Crippen MR) is 83.7 cm³/mol. The maximum absolute atomic E-state index is 13.0. The minimum atomic E-state index is -4.13. The Morgan fingerprint density at radius 2 is 1.83 bits per heavy atom. The second-order valence-corrected chi connectivity index (χ2v) is 6.70. The highest BCUT2D eigenvalue weighted by Crippen LogP contribution is 2.30. The summed E-state index contributed by atoms with van der Waals surface area (Å²) < 4.78 is 31.8. The minimum absolute atomic E-state index is 0.0925. The van der Waals surface area contributed by atoms with Gasteiger partial charge in [-0.3, -0.25) is 4.31 Å². The van der Waals surface area contributed by atoms with Gasteiger partial charge in [0, 0.05) is 0 Å². The number of aliphatic carboxylic acids is 1. The van der Waals surface area contributed by atoms with Crippen LogP contribution in [0.25, 0.3) is 0 Å². The summed E-state index contributed by atoms with van der Waals surface area (Å²) in [5.41, 5.74) is 0.950. The number of hydrogen-bond donors (Lipinski definition) is 0. The number of hydrogen-bond acceptors (Lipinski definition) is 5. The van der Waals surface area contributed by atoms with Crippen molar-refractivity contribution in [1.29, 1.82) is 0 Å². The van der Waals surface area contributed by atoms with E-state index in [9.17, 15) is 18.3 Å². The lowest BCUT2D eigenvalue weighted by Gasteiger charge is -2.25. The van der Waals surface area contributed by atoms with Gasteiger partial charge in [0.1, 0.15) is 10.6 Å². The van der Waals surface area contributed by atoms with E-state index in [-0.39, 0.29) is 16.3 Å². The summed E-state index contributed by atoms with van der Waals surface area (Å²) in [6, 6.07) is 12.7. The van der Waals surface area contributed by atoms with E-state index in [1.54, 1.807) is 31.2 Å². The number of nitrogens with zero attached hydrogens (tertiary/aromatic N) is 1. The third-order valence-electron chi connectivity index (χ3n) is 3.20. The van der Waals surface area contributed by atoms with Crippen LogP contribution in [0, 0.1) is 6.92 Å². The number of rotatable bonds is 6. The molecule has 2 aromatic rings. The van der Waals surface area contributed by atoms with Gasteiger partial charge in [-0.2, -0.15) is 0 Å². The van der Waals surface area contributed by atoms with Crippen LogP contribution >= 0.6 is 0 Å². The zero-order valence-electron chi connectivity index (χ0n) is 12.7. The molecule has 0 radical (unpaired) electrons. The Kier molecular flexibility index (Phi) is 4.90. The molecule has 122 valence electrons. The van der Waals surface area contributed by atoms with E-state index < -0.39 is 22.5 Å². The first-order valence-electron chi connectivity index (χ1n) is 6.78. The van der Waals surface area contributed by atoms with Gasteiger partial charge >= 0.3 is 0 Å². The van der Waals surface area contributed by atoms with Crippen LogP contribution in [0.2, 0.25) is 0 Å². The van der Waals surface area contributed by atoms with E-state index in [1.165, 1.54) is 31.4 Å². The van der Waals surface area contributed by atoms with Crippen molar-refractivity contribution in [3.8, 4) is 5.75 Å². The van der Waals surface area contributed by atoms with Crippen molar-refractivity contribution in [1.82, 2.24) is 0 Å². The Morgan fingerprint density at radius 1 is 1.17 bits per heavy atom. The zero-order chi connectivity index (χ0) is 17.0. The van der Waals surface area contributed by atoms with Gasteiger partial charge in [0.2, 0.25) is 0 Å². The van der Waals surface area contributed by atoms with Crippen LogP contribution in [-0.2, 0) is 14.8 Å². The lowest BCUT2D eigenvalue weighted by molar-refractivity contribution is -0.303. The molecule has 0 aliphatic heterocycles. The lowest BCUT2D eigenvalue weighted by Crippen LogP contribution is -2.41. The average molecular weight is 334 g/mol. The number of anilines is 1. The number of aryl methyl sites for hydroxylation is 1. The van der Waals surface area contributed by atoms with E-state index in [0.717, 1.165) is 4.31 Å². The summed E-state index contributed by atoms with van der Waals surface area (Å²) in [7, 11) is -2.77. The number of ether oxygens (including phenoxy) is 1. The highest BCUT2D eigenvalue weighted by molar-refractivity contribution is 7.93. The fraction of sp³-hybridized carbons (Fsp3) is 0.188. The lowest BCUT2D eigenvalue weighted by atomic mass is 10.2. The average Bonchev–Trinajstić information content (AvgIpc) is 2.53. The van der Waals surface area contributed by atoms with Crippen molar-refractivity contribution in [2.45, 2.75) is 11.8 Å². The molecule has 6 nitrogen and oxygen atoms in total. The highest BCUT2D eigenvalue weighted by Gasteiger charge is 2.28. The van der Waals surface area contributed by atoms with Crippen molar-refractivity contribution in [3.63, 3.8) is 0 Å². The maximum atomic E-state index is 13.0. The second-order valence-electron chi connectivity index (χ2n) is 4.87. The van der Waals surface area contributed by atoms with Crippen molar-refractivity contribution in [3.05, 3.63) is 54.1 Å². The summed E-state index contributed by atoms with van der Waals surface area (Å²) in [5, 5.41) is 11.0. The first-order valence-corrected chi connectivity index (χ1v) is 8.22. The van der Waals surface area contributed by atoms with Gasteiger partial charge in [0.05, 0.1) is 25.3 Å². The third-order valence-corrected chi connectivity index (χ3v) is 5.00. The topological polar surface area (TPSA) is 86.7 Å². The standard InChI is InChI=1S/C16H17NO5S/c1-12-8-9-14(22-2)15(10-12)23(20,21)17(11-16(18)19)13-6-4-3-5-7-13/h3-10H,11H2,1-2H3,(H,18,19)/p-1. The number of sulfonamides is 1. The van der Waals surface area contributed by atoms with Crippen molar-refractivity contribution in [2.24, 2.45) is 0 Å². The third kappa shape index (κ3) is 3.62. The number of benzene rings is 2. The number of carboxylic acid groups (broad SMARTS) is 1. The van der Waals surface area contributed by atoms with Crippen molar-refractivity contribution in [2.75, 3.05) is 18.0 Å². The molecule has 0 aliphatic rings. The van der Waals surface area contributed by atoms with Gasteiger partial charge in [-0.05, 0) is 36.8 Å². The van der Waals surface area contributed by atoms with Crippen LogP contribution in [-0.4, -0.2) is 28.0 Å². The molecule has 2 rings (SSSR count). The van der Waals surface area contributed by atoms with E-state index in [1.807, 2.05) is 0 Å². The molecular weight excluding hydrogens is 318 g/mol. The van der Waals surface area contributed by atoms with Gasteiger partial charge in [-0.15, -0.1) is 0 Å². The zero-order valence-corrected chi connectivity index (χ0v) is 13.5. The Bertz CT molecular complexity index is 802. The van der Waals surface area contributed by atoms with Crippen LogP contribution in [0.3, 0.4) is 0 Å². The highest BCUT2D eigenvalue weighted by atomic mass is 32.2. The normalized spacial score (nSPS) is 11.0. The molecule has 0 N–H and O–H groups in total. The van der Waals surface area contributed by atoms with Crippen molar-refractivity contribution >= 4 is 21.7 Å². The summed E-state index contributed by atoms with van der Waals surface area (Å²) in [6.45, 7) is 0.952. The van der Waals surface area contributed by atoms with E-state index >= 15 is 0 Å². The van der Waals surface area contributed by atoms with Gasteiger partial charge in [-0.1, -0.05) is 24.3 Å². The number of carbonyl (C=O) groups excluding carboxylic acids is 1. The number of methoxy groups -OCH3 is 1. The van der Waals surface area contributed by atoms with E-state index in [0.29, 0.717) is 5.56 Å². The predicted octanol–water partition coefficient (Wildman–Crippen LogP) is 0.949. The number of carboxylic acids is 1. The molecule has 23 heavy (non-hydrogen) atoms. The summed E-state index contributed by atoms with van der Waals surface area (Å²) in [6.07, 6.45) is 0. The smallest absolute Gasteiger partial charge is 0.268 e. The molecule has 0 aromatic heterocycles. The van der Waals surface area contributed by atoms with Crippen LogP contribution in [0.5, 0.6) is 5.75 Å². The maximum Gasteiger partial charge on any atom is 0.268 e. The molecule has 0 saturated heterocycles. The molecule has 0 unspecified atom stereocenters. The monoisotopic (exact) mass is 334 g/mol. The molecule has 0 bridgehead atoms. The molecule has 7 heteroatoms. The number of carbonyl (C=O) groups is 1. The molecular formula is C16H16NO5S-. The molecule has 0 aliphatic carbocycles. The minimum Gasteiger partial charge on any atom is -0.548 e. The molecule has 2 aromatic carbocycles. The summed E-state index contributed by atoms with van der Waals surface area (Å²) >= 11 is 0. The van der Waals surface area contributed by atoms with Gasteiger partial charge in [0.15, 0.2) is 0 Å². The molecule has 0 amide bonds.